The highest BCUT2D eigenvalue weighted by Crippen LogP contribution is 2.34. The van der Waals surface area contributed by atoms with Gasteiger partial charge in [0.2, 0.25) is 10.0 Å². The first-order valence-corrected chi connectivity index (χ1v) is 8.98. The molecule has 2 unspecified atom stereocenters. The molecule has 0 saturated carbocycles. The van der Waals surface area contributed by atoms with Crippen LogP contribution in [0.3, 0.4) is 0 Å². The van der Waals surface area contributed by atoms with E-state index in [1.54, 1.807) is 0 Å². The molecule has 1 aromatic carbocycles. The van der Waals surface area contributed by atoms with Gasteiger partial charge in [0.25, 0.3) is 0 Å². The van der Waals surface area contributed by atoms with Crippen LogP contribution in [-0.4, -0.2) is 37.9 Å². The number of hydrogen-bond donors (Lipinski definition) is 1. The SMILES string of the molecule is Cl.O=S(=O)(c1c(Cl)cc(F)cc1Cl)N1CC2CCCC(C1)N2. The highest BCUT2D eigenvalue weighted by atomic mass is 35.5. The minimum atomic E-state index is -3.82. The minimum absolute atomic E-state index is 0. The van der Waals surface area contributed by atoms with Gasteiger partial charge in [0, 0.05) is 25.2 Å². The third kappa shape index (κ3) is 3.37. The number of sulfonamides is 1. The molecule has 2 aliphatic rings. The minimum Gasteiger partial charge on any atom is -0.309 e. The van der Waals surface area contributed by atoms with Crippen molar-refractivity contribution in [2.75, 3.05) is 13.1 Å². The van der Waals surface area contributed by atoms with E-state index in [-0.39, 0.29) is 39.4 Å². The van der Waals surface area contributed by atoms with Crippen LogP contribution in [0.15, 0.2) is 17.0 Å². The van der Waals surface area contributed by atoms with Crippen LogP contribution in [0.5, 0.6) is 0 Å². The van der Waals surface area contributed by atoms with Gasteiger partial charge < -0.3 is 5.32 Å². The Labute approximate surface area is 145 Å². The van der Waals surface area contributed by atoms with E-state index in [1.165, 1.54) is 4.31 Å². The molecular weight excluding hydrogens is 374 g/mol. The van der Waals surface area contributed by atoms with Crippen molar-refractivity contribution in [2.24, 2.45) is 0 Å². The molecule has 0 aromatic heterocycles. The van der Waals surface area contributed by atoms with E-state index in [0.717, 1.165) is 31.4 Å². The molecule has 3 rings (SSSR count). The van der Waals surface area contributed by atoms with Crippen molar-refractivity contribution in [1.82, 2.24) is 9.62 Å². The summed E-state index contributed by atoms with van der Waals surface area (Å²) in [6, 6.07) is 2.27. The number of fused-ring (bicyclic) bond motifs is 2. The average molecular weight is 390 g/mol. The fourth-order valence-electron chi connectivity index (χ4n) is 3.07. The molecule has 2 bridgehead atoms. The third-order valence-corrected chi connectivity index (χ3v) is 6.74. The van der Waals surface area contributed by atoms with E-state index in [4.69, 9.17) is 23.2 Å². The number of halogens is 4. The van der Waals surface area contributed by atoms with Gasteiger partial charge in [-0.3, -0.25) is 0 Å². The molecule has 2 saturated heterocycles. The Morgan fingerprint density at radius 2 is 1.64 bits per heavy atom. The molecule has 2 heterocycles. The maximum Gasteiger partial charge on any atom is 0.246 e. The van der Waals surface area contributed by atoms with Crippen LogP contribution in [0.1, 0.15) is 19.3 Å². The van der Waals surface area contributed by atoms with Crippen molar-refractivity contribution in [1.29, 1.82) is 0 Å². The molecule has 9 heteroatoms. The molecule has 2 fully saturated rings. The molecule has 0 radical (unpaired) electrons. The highest BCUT2D eigenvalue weighted by Gasteiger charge is 2.38. The lowest BCUT2D eigenvalue weighted by Gasteiger charge is -2.41. The lowest BCUT2D eigenvalue weighted by atomic mass is 9.96. The summed E-state index contributed by atoms with van der Waals surface area (Å²) in [7, 11) is -3.82. The van der Waals surface area contributed by atoms with Gasteiger partial charge >= 0.3 is 0 Å². The van der Waals surface area contributed by atoms with E-state index < -0.39 is 15.8 Å². The summed E-state index contributed by atoms with van der Waals surface area (Å²) in [5, 5.41) is 3.06. The van der Waals surface area contributed by atoms with Crippen molar-refractivity contribution in [3.05, 3.63) is 28.0 Å². The molecule has 2 aliphatic heterocycles. The first kappa shape index (κ1) is 18.2. The number of piperidine rings is 1. The van der Waals surface area contributed by atoms with Crippen molar-refractivity contribution < 1.29 is 12.8 Å². The molecule has 4 nitrogen and oxygen atoms in total. The van der Waals surface area contributed by atoms with Gasteiger partial charge in [-0.2, -0.15) is 4.31 Å². The Kier molecular flexibility index (Phi) is 5.63. The summed E-state index contributed by atoms with van der Waals surface area (Å²) < 4.78 is 40.2. The second kappa shape index (κ2) is 6.79. The summed E-state index contributed by atoms with van der Waals surface area (Å²) in [5.41, 5.74) is 0. The Hall–Kier alpha value is -0.110. The summed E-state index contributed by atoms with van der Waals surface area (Å²) in [5.74, 6) is -0.652. The van der Waals surface area contributed by atoms with E-state index >= 15 is 0 Å². The van der Waals surface area contributed by atoms with Crippen LogP contribution in [-0.2, 0) is 10.0 Å². The quantitative estimate of drug-likeness (QED) is 0.846. The smallest absolute Gasteiger partial charge is 0.246 e. The van der Waals surface area contributed by atoms with Crippen molar-refractivity contribution in [3.8, 4) is 0 Å². The van der Waals surface area contributed by atoms with Crippen LogP contribution in [0.4, 0.5) is 4.39 Å². The average Bonchev–Trinajstić information content (AvgIpc) is 2.36. The molecule has 0 spiro atoms. The van der Waals surface area contributed by atoms with Gasteiger partial charge in [-0.1, -0.05) is 29.6 Å². The van der Waals surface area contributed by atoms with E-state index in [2.05, 4.69) is 5.32 Å². The molecule has 1 aromatic rings. The van der Waals surface area contributed by atoms with Gasteiger partial charge in [-0.15, -0.1) is 12.4 Å². The van der Waals surface area contributed by atoms with E-state index in [1.807, 2.05) is 0 Å². The molecule has 124 valence electrons. The summed E-state index contributed by atoms with van der Waals surface area (Å²) in [4.78, 5) is -0.202. The topological polar surface area (TPSA) is 49.4 Å². The lowest BCUT2D eigenvalue weighted by Crippen LogP contribution is -2.59. The lowest BCUT2D eigenvalue weighted by molar-refractivity contribution is 0.190. The molecule has 0 amide bonds. The van der Waals surface area contributed by atoms with Gasteiger partial charge in [-0.25, -0.2) is 12.8 Å². The Morgan fingerprint density at radius 1 is 1.14 bits per heavy atom. The van der Waals surface area contributed by atoms with Crippen LogP contribution in [0, 0.1) is 5.82 Å². The summed E-state index contributed by atoms with van der Waals surface area (Å²) >= 11 is 11.8. The summed E-state index contributed by atoms with van der Waals surface area (Å²) in [6.07, 6.45) is 3.01. The molecule has 2 atom stereocenters. The maximum absolute atomic E-state index is 13.2. The standard InChI is InChI=1S/C13H15Cl2FN2O2S.ClH/c14-11-4-8(16)5-12(15)13(11)21(19,20)18-6-9-2-1-3-10(7-18)17-9;/h4-5,9-10,17H,1-3,6-7H2;1H. The zero-order chi connectivity index (χ0) is 15.2. The van der Waals surface area contributed by atoms with Gasteiger partial charge in [-0.05, 0) is 25.0 Å². The van der Waals surface area contributed by atoms with Crippen LogP contribution in [0.25, 0.3) is 0 Å². The fourth-order valence-corrected chi connectivity index (χ4v) is 5.73. The van der Waals surface area contributed by atoms with Gasteiger partial charge in [0.05, 0.1) is 10.0 Å². The number of benzene rings is 1. The van der Waals surface area contributed by atoms with Gasteiger partial charge in [0.15, 0.2) is 0 Å². The Bertz CT molecular complexity index is 636. The Morgan fingerprint density at radius 3 is 2.14 bits per heavy atom. The van der Waals surface area contributed by atoms with Crippen molar-refractivity contribution >= 4 is 45.6 Å². The monoisotopic (exact) mass is 388 g/mol. The third-order valence-electron chi connectivity index (χ3n) is 3.99. The second-order valence-corrected chi connectivity index (χ2v) is 8.20. The second-order valence-electron chi connectivity index (χ2n) is 5.51. The number of hydrogen-bond acceptors (Lipinski definition) is 3. The first-order valence-electron chi connectivity index (χ1n) is 6.78. The predicted molar refractivity (Wildman–Crippen MR) is 87.0 cm³/mol. The van der Waals surface area contributed by atoms with Crippen LogP contribution < -0.4 is 5.32 Å². The Balaban J connectivity index is 0.00000176. The molecule has 22 heavy (non-hydrogen) atoms. The zero-order valence-corrected chi connectivity index (χ0v) is 14.7. The predicted octanol–water partition coefficient (Wildman–Crippen LogP) is 3.07. The summed E-state index contributed by atoms with van der Waals surface area (Å²) in [6.45, 7) is 0.783. The van der Waals surface area contributed by atoms with Crippen LogP contribution >= 0.6 is 35.6 Å². The molecule has 0 aliphatic carbocycles. The zero-order valence-electron chi connectivity index (χ0n) is 11.6. The van der Waals surface area contributed by atoms with E-state index in [9.17, 15) is 12.8 Å². The highest BCUT2D eigenvalue weighted by molar-refractivity contribution is 7.89. The molecule has 1 N–H and O–H groups in total. The maximum atomic E-state index is 13.2. The number of rotatable bonds is 2. The van der Waals surface area contributed by atoms with E-state index in [0.29, 0.717) is 13.1 Å². The number of piperazine rings is 1. The first-order chi connectivity index (χ1) is 9.88. The van der Waals surface area contributed by atoms with Crippen molar-refractivity contribution in [3.63, 3.8) is 0 Å². The van der Waals surface area contributed by atoms with Crippen molar-refractivity contribution in [2.45, 2.75) is 36.2 Å². The largest absolute Gasteiger partial charge is 0.309 e. The number of nitrogens with zero attached hydrogens (tertiary/aromatic N) is 1. The van der Waals surface area contributed by atoms with Gasteiger partial charge in [0.1, 0.15) is 10.7 Å². The molecular formula is C13H16Cl3FN2O2S. The number of nitrogens with one attached hydrogen (secondary N) is 1. The normalized spacial score (nSPS) is 25.6. The van der Waals surface area contributed by atoms with Crippen LogP contribution in [0.2, 0.25) is 10.0 Å². The fraction of sp³-hybridized carbons (Fsp3) is 0.538.